The van der Waals surface area contributed by atoms with Crippen LogP contribution >= 0.6 is 22.6 Å². The van der Waals surface area contributed by atoms with Gasteiger partial charge in [0.1, 0.15) is 5.76 Å². The zero-order valence-electron chi connectivity index (χ0n) is 10.1. The molecule has 0 saturated heterocycles. The van der Waals surface area contributed by atoms with Crippen molar-refractivity contribution in [1.29, 1.82) is 0 Å². The number of aryl methyl sites for hydroxylation is 1. The van der Waals surface area contributed by atoms with Crippen molar-refractivity contribution in [3.8, 4) is 0 Å². The number of hydrogen-bond acceptors (Lipinski definition) is 3. The Kier molecular flexibility index (Phi) is 4.20. The van der Waals surface area contributed by atoms with E-state index in [1.54, 1.807) is 31.2 Å². The molecule has 0 saturated carbocycles. The van der Waals surface area contributed by atoms with Gasteiger partial charge in [0.25, 0.3) is 11.8 Å². The highest BCUT2D eigenvalue weighted by Crippen LogP contribution is 2.09. The van der Waals surface area contributed by atoms with Crippen LogP contribution in [-0.4, -0.2) is 11.8 Å². The first-order chi connectivity index (χ1) is 9.08. The molecule has 0 bridgehead atoms. The quantitative estimate of drug-likeness (QED) is 0.630. The van der Waals surface area contributed by atoms with Crippen LogP contribution in [0.5, 0.6) is 0 Å². The predicted molar refractivity (Wildman–Crippen MR) is 77.5 cm³/mol. The second-order valence-corrected chi connectivity index (χ2v) is 5.05. The van der Waals surface area contributed by atoms with Crippen molar-refractivity contribution in [3.05, 3.63) is 57.1 Å². The lowest BCUT2D eigenvalue weighted by Crippen LogP contribution is -2.41. The highest BCUT2D eigenvalue weighted by Gasteiger charge is 2.12. The van der Waals surface area contributed by atoms with Gasteiger partial charge in [-0.3, -0.25) is 20.4 Å². The maximum absolute atomic E-state index is 11.8. The Morgan fingerprint density at radius 3 is 2.53 bits per heavy atom. The normalized spacial score (nSPS) is 10.0. The summed E-state index contributed by atoms with van der Waals surface area (Å²) >= 11 is 2.11. The van der Waals surface area contributed by atoms with Gasteiger partial charge in [0, 0.05) is 9.13 Å². The van der Waals surface area contributed by atoms with E-state index in [-0.39, 0.29) is 5.91 Å². The standard InChI is InChI=1S/C13H11IN2O3/c1-8-11(5-6-19-8)13(18)16-15-12(17)9-3-2-4-10(14)7-9/h2-7H,1H3,(H,15,17)(H,16,18). The molecule has 0 radical (unpaired) electrons. The van der Waals surface area contributed by atoms with E-state index in [1.165, 1.54) is 6.26 Å². The van der Waals surface area contributed by atoms with Crippen molar-refractivity contribution in [2.75, 3.05) is 0 Å². The van der Waals surface area contributed by atoms with Crippen LogP contribution in [0.1, 0.15) is 26.5 Å². The van der Waals surface area contributed by atoms with Gasteiger partial charge < -0.3 is 4.42 Å². The van der Waals surface area contributed by atoms with E-state index in [4.69, 9.17) is 4.42 Å². The molecular formula is C13H11IN2O3. The van der Waals surface area contributed by atoms with E-state index in [9.17, 15) is 9.59 Å². The monoisotopic (exact) mass is 370 g/mol. The lowest BCUT2D eigenvalue weighted by Gasteiger charge is -2.07. The Bertz CT molecular complexity index is 622. The van der Waals surface area contributed by atoms with E-state index in [0.29, 0.717) is 16.9 Å². The molecule has 0 aliphatic rings. The van der Waals surface area contributed by atoms with Crippen LogP contribution in [0.2, 0.25) is 0 Å². The molecule has 2 aromatic rings. The minimum absolute atomic E-state index is 0.368. The lowest BCUT2D eigenvalue weighted by molar-refractivity contribution is 0.0845. The second kappa shape index (κ2) is 5.87. The van der Waals surface area contributed by atoms with Crippen molar-refractivity contribution >= 4 is 34.4 Å². The molecule has 0 aliphatic carbocycles. The maximum Gasteiger partial charge on any atom is 0.273 e. The summed E-state index contributed by atoms with van der Waals surface area (Å²) in [5, 5.41) is 0. The summed E-state index contributed by atoms with van der Waals surface area (Å²) in [7, 11) is 0. The Hall–Kier alpha value is -1.83. The van der Waals surface area contributed by atoms with Crippen LogP contribution in [-0.2, 0) is 0 Å². The Labute approximate surface area is 123 Å². The summed E-state index contributed by atoms with van der Waals surface area (Å²) in [6.07, 6.45) is 1.42. The topological polar surface area (TPSA) is 71.3 Å². The summed E-state index contributed by atoms with van der Waals surface area (Å²) in [6.45, 7) is 1.68. The van der Waals surface area contributed by atoms with Crippen LogP contribution < -0.4 is 10.9 Å². The molecule has 1 heterocycles. The number of hydrazine groups is 1. The van der Waals surface area contributed by atoms with Gasteiger partial charge in [-0.05, 0) is 53.8 Å². The van der Waals surface area contributed by atoms with Crippen LogP contribution in [0.15, 0.2) is 41.0 Å². The van der Waals surface area contributed by atoms with E-state index >= 15 is 0 Å². The average molecular weight is 370 g/mol. The van der Waals surface area contributed by atoms with Gasteiger partial charge in [0.2, 0.25) is 0 Å². The molecule has 0 fully saturated rings. The van der Waals surface area contributed by atoms with Gasteiger partial charge in [0.15, 0.2) is 0 Å². The summed E-state index contributed by atoms with van der Waals surface area (Å²) in [4.78, 5) is 23.5. The van der Waals surface area contributed by atoms with Gasteiger partial charge in [-0.2, -0.15) is 0 Å². The fourth-order valence-electron chi connectivity index (χ4n) is 1.50. The third-order valence-electron chi connectivity index (χ3n) is 2.48. The molecular weight excluding hydrogens is 359 g/mol. The number of furan rings is 1. The molecule has 0 aliphatic heterocycles. The van der Waals surface area contributed by atoms with Crippen LogP contribution in [0.25, 0.3) is 0 Å². The van der Waals surface area contributed by atoms with E-state index < -0.39 is 5.91 Å². The zero-order chi connectivity index (χ0) is 13.8. The highest BCUT2D eigenvalue weighted by atomic mass is 127. The van der Waals surface area contributed by atoms with Crippen molar-refractivity contribution in [2.24, 2.45) is 0 Å². The van der Waals surface area contributed by atoms with Crippen LogP contribution in [0, 0.1) is 10.5 Å². The smallest absolute Gasteiger partial charge is 0.273 e. The SMILES string of the molecule is Cc1occc1C(=O)NNC(=O)c1cccc(I)c1. The molecule has 2 rings (SSSR count). The van der Waals surface area contributed by atoms with Gasteiger partial charge in [-0.15, -0.1) is 0 Å². The molecule has 2 amide bonds. The Morgan fingerprint density at radius 1 is 1.16 bits per heavy atom. The number of hydrogen-bond donors (Lipinski definition) is 2. The molecule has 0 atom stereocenters. The first-order valence-corrected chi connectivity index (χ1v) is 6.56. The van der Waals surface area contributed by atoms with E-state index in [2.05, 4.69) is 33.4 Å². The first kappa shape index (κ1) is 13.6. The highest BCUT2D eigenvalue weighted by molar-refractivity contribution is 14.1. The molecule has 1 aromatic heterocycles. The van der Waals surface area contributed by atoms with E-state index in [0.717, 1.165) is 3.57 Å². The number of rotatable bonds is 2. The minimum Gasteiger partial charge on any atom is -0.469 e. The number of benzene rings is 1. The largest absolute Gasteiger partial charge is 0.469 e. The molecule has 98 valence electrons. The van der Waals surface area contributed by atoms with Crippen molar-refractivity contribution in [3.63, 3.8) is 0 Å². The number of carbonyl (C=O) groups is 2. The molecule has 6 heteroatoms. The summed E-state index contributed by atoms with van der Waals surface area (Å²) in [5.74, 6) is -0.278. The molecule has 0 spiro atoms. The fourth-order valence-corrected chi connectivity index (χ4v) is 2.05. The van der Waals surface area contributed by atoms with Crippen LogP contribution in [0.3, 0.4) is 0 Å². The number of carbonyl (C=O) groups excluding carboxylic acids is 2. The first-order valence-electron chi connectivity index (χ1n) is 5.48. The lowest BCUT2D eigenvalue weighted by atomic mass is 10.2. The molecule has 0 unspecified atom stereocenters. The minimum atomic E-state index is -0.412. The Morgan fingerprint density at radius 2 is 1.89 bits per heavy atom. The molecule has 1 aromatic carbocycles. The zero-order valence-corrected chi connectivity index (χ0v) is 12.2. The average Bonchev–Trinajstić information content (AvgIpc) is 2.82. The van der Waals surface area contributed by atoms with Crippen molar-refractivity contribution in [1.82, 2.24) is 10.9 Å². The second-order valence-electron chi connectivity index (χ2n) is 3.81. The van der Waals surface area contributed by atoms with E-state index in [1.807, 2.05) is 6.07 Å². The number of halogens is 1. The molecule has 5 nitrogen and oxygen atoms in total. The van der Waals surface area contributed by atoms with Gasteiger partial charge >= 0.3 is 0 Å². The third-order valence-corrected chi connectivity index (χ3v) is 3.15. The summed E-state index contributed by atoms with van der Waals surface area (Å²) in [5.41, 5.74) is 5.57. The van der Waals surface area contributed by atoms with Crippen LogP contribution in [0.4, 0.5) is 0 Å². The molecule has 19 heavy (non-hydrogen) atoms. The number of amides is 2. The summed E-state index contributed by atoms with van der Waals surface area (Å²) < 4.78 is 5.96. The molecule has 2 N–H and O–H groups in total. The van der Waals surface area contributed by atoms with Gasteiger partial charge in [-0.25, -0.2) is 0 Å². The van der Waals surface area contributed by atoms with Gasteiger partial charge in [0.05, 0.1) is 11.8 Å². The van der Waals surface area contributed by atoms with Gasteiger partial charge in [-0.1, -0.05) is 6.07 Å². The fraction of sp³-hybridized carbons (Fsp3) is 0.0769. The third kappa shape index (κ3) is 3.34. The predicted octanol–water partition coefficient (Wildman–Crippen LogP) is 2.27. The maximum atomic E-state index is 11.8. The van der Waals surface area contributed by atoms with Crippen molar-refractivity contribution < 1.29 is 14.0 Å². The van der Waals surface area contributed by atoms with Crippen molar-refractivity contribution in [2.45, 2.75) is 6.92 Å². The summed E-state index contributed by atoms with van der Waals surface area (Å²) in [6, 6.07) is 8.60. The Balaban J connectivity index is 1.98. The number of nitrogens with one attached hydrogen (secondary N) is 2.